The van der Waals surface area contributed by atoms with Gasteiger partial charge < -0.3 is 5.32 Å². The topological polar surface area (TPSA) is 29.9 Å². The molecule has 6 heteroatoms. The maximum atomic E-state index is 13.3. The van der Waals surface area contributed by atoms with Crippen molar-refractivity contribution >= 4 is 34.2 Å². The van der Waals surface area contributed by atoms with Gasteiger partial charge >= 0.3 is 0 Å². The van der Waals surface area contributed by atoms with E-state index in [9.17, 15) is 4.39 Å². The molecule has 1 aromatic heterocycles. The summed E-state index contributed by atoms with van der Waals surface area (Å²) in [6.07, 6.45) is 1.52. The number of nitrogens with zero attached hydrogens (tertiary/aromatic N) is 2. The Morgan fingerprint density at radius 2 is 2.19 bits per heavy atom. The Morgan fingerprint density at radius 3 is 2.71 bits per heavy atom. The molecule has 1 aromatic carbocycles. The largest absolute Gasteiger partial charge is 0.313 e. The minimum atomic E-state index is -0.218. The number of aromatic nitrogens is 2. The van der Waals surface area contributed by atoms with Crippen LogP contribution < -0.4 is 5.32 Å². The Morgan fingerprint density at radius 1 is 1.48 bits per heavy atom. The first-order valence-corrected chi connectivity index (χ1v) is 8.26. The molecule has 1 heterocycles. The molecule has 0 spiro atoms. The number of hydrogen-bond donors (Lipinski definition) is 1. The maximum absolute atomic E-state index is 13.3. The molecule has 0 bridgehead atoms. The quantitative estimate of drug-likeness (QED) is 0.743. The minimum Gasteiger partial charge on any atom is -0.313 e. The van der Waals surface area contributed by atoms with Crippen molar-refractivity contribution in [3.05, 3.63) is 49.6 Å². The van der Waals surface area contributed by atoms with Gasteiger partial charge in [0.1, 0.15) is 5.82 Å². The molecule has 0 fully saturated rings. The molecule has 0 aliphatic rings. The van der Waals surface area contributed by atoms with E-state index in [1.54, 1.807) is 6.07 Å². The van der Waals surface area contributed by atoms with Gasteiger partial charge in [-0.25, -0.2) is 4.39 Å². The number of aryl methyl sites for hydroxylation is 2. The fourth-order valence-electron chi connectivity index (χ4n) is 2.39. The van der Waals surface area contributed by atoms with E-state index in [0.29, 0.717) is 6.42 Å². The van der Waals surface area contributed by atoms with Crippen LogP contribution in [0.3, 0.4) is 0 Å². The Labute approximate surface area is 143 Å². The molecular weight excluding hydrogens is 404 g/mol. The van der Waals surface area contributed by atoms with E-state index in [2.05, 4.69) is 33.0 Å². The summed E-state index contributed by atoms with van der Waals surface area (Å²) in [6, 6.07) is 4.92. The third-order valence-electron chi connectivity index (χ3n) is 3.59. The van der Waals surface area contributed by atoms with Crippen LogP contribution in [0.2, 0.25) is 5.02 Å². The molecule has 3 nitrogen and oxygen atoms in total. The van der Waals surface area contributed by atoms with Gasteiger partial charge in [-0.15, -0.1) is 0 Å². The molecule has 0 aliphatic carbocycles. The smallest absolute Gasteiger partial charge is 0.124 e. The Hall–Kier alpha value is -0.660. The molecule has 1 unspecified atom stereocenters. The van der Waals surface area contributed by atoms with Gasteiger partial charge in [0.2, 0.25) is 0 Å². The number of likely N-dealkylation sites (N-methyl/N-ethyl adjacent to an activating group) is 1. The van der Waals surface area contributed by atoms with Gasteiger partial charge in [-0.3, -0.25) is 4.68 Å². The number of benzene rings is 1. The van der Waals surface area contributed by atoms with Crippen molar-refractivity contribution in [2.75, 3.05) is 7.05 Å². The van der Waals surface area contributed by atoms with Crippen LogP contribution in [0.1, 0.15) is 29.9 Å². The van der Waals surface area contributed by atoms with Crippen molar-refractivity contribution < 1.29 is 4.39 Å². The van der Waals surface area contributed by atoms with Crippen LogP contribution in [0, 0.1) is 9.39 Å². The highest BCUT2D eigenvalue weighted by molar-refractivity contribution is 14.1. The van der Waals surface area contributed by atoms with Crippen LogP contribution in [-0.2, 0) is 19.9 Å². The fourth-order valence-corrected chi connectivity index (χ4v) is 3.61. The van der Waals surface area contributed by atoms with Crippen LogP contribution in [0.4, 0.5) is 4.39 Å². The molecule has 0 radical (unpaired) electrons. The van der Waals surface area contributed by atoms with E-state index in [4.69, 9.17) is 11.6 Å². The van der Waals surface area contributed by atoms with Crippen molar-refractivity contribution in [3.63, 3.8) is 0 Å². The van der Waals surface area contributed by atoms with E-state index < -0.39 is 0 Å². The third-order valence-corrected chi connectivity index (χ3v) is 4.96. The Kier molecular flexibility index (Phi) is 5.62. The predicted octanol–water partition coefficient (Wildman–Crippen LogP) is 3.88. The summed E-state index contributed by atoms with van der Waals surface area (Å²) in [5, 5.41) is 8.46. The van der Waals surface area contributed by atoms with Crippen LogP contribution >= 0.6 is 34.2 Å². The van der Waals surface area contributed by atoms with Crippen molar-refractivity contribution in [2.45, 2.75) is 25.8 Å². The summed E-state index contributed by atoms with van der Waals surface area (Å²) in [6.45, 7) is 2.04. The highest BCUT2D eigenvalue weighted by Gasteiger charge is 2.20. The fraction of sp³-hybridized carbons (Fsp3) is 0.400. The van der Waals surface area contributed by atoms with Gasteiger partial charge in [0.05, 0.1) is 16.4 Å². The molecule has 1 atom stereocenters. The van der Waals surface area contributed by atoms with E-state index in [1.165, 1.54) is 6.07 Å². The Bertz CT molecular complexity index is 642. The molecule has 21 heavy (non-hydrogen) atoms. The van der Waals surface area contributed by atoms with Crippen LogP contribution in [-0.4, -0.2) is 16.8 Å². The van der Waals surface area contributed by atoms with Crippen LogP contribution in [0.15, 0.2) is 18.2 Å². The summed E-state index contributed by atoms with van der Waals surface area (Å²) >= 11 is 8.57. The zero-order valence-corrected chi connectivity index (χ0v) is 15.2. The lowest BCUT2D eigenvalue weighted by Crippen LogP contribution is -2.21. The molecule has 0 saturated carbocycles. The second kappa shape index (κ2) is 7.07. The van der Waals surface area contributed by atoms with Crippen molar-refractivity contribution in [1.29, 1.82) is 0 Å². The maximum Gasteiger partial charge on any atom is 0.124 e. The highest BCUT2D eigenvalue weighted by atomic mass is 127. The van der Waals surface area contributed by atoms with Crippen LogP contribution in [0.25, 0.3) is 0 Å². The zero-order chi connectivity index (χ0) is 15.6. The summed E-state index contributed by atoms with van der Waals surface area (Å²) in [5.41, 5.74) is 2.97. The van der Waals surface area contributed by atoms with E-state index >= 15 is 0 Å². The van der Waals surface area contributed by atoms with Gasteiger partial charge in [-0.05, 0) is 53.8 Å². The Balaban J connectivity index is 2.33. The molecule has 0 saturated heterocycles. The molecule has 2 rings (SSSR count). The monoisotopic (exact) mass is 421 g/mol. The number of hydrogen-bond acceptors (Lipinski definition) is 2. The van der Waals surface area contributed by atoms with Crippen molar-refractivity contribution in [2.24, 2.45) is 7.05 Å². The number of rotatable bonds is 5. The van der Waals surface area contributed by atoms with Gasteiger partial charge in [0.25, 0.3) is 0 Å². The van der Waals surface area contributed by atoms with Gasteiger partial charge in [-0.2, -0.15) is 5.10 Å². The minimum absolute atomic E-state index is 0.0649. The lowest BCUT2D eigenvalue weighted by atomic mass is 10.0. The molecule has 1 N–H and O–H groups in total. The summed E-state index contributed by atoms with van der Waals surface area (Å²) in [4.78, 5) is 0. The van der Waals surface area contributed by atoms with Gasteiger partial charge in [-0.1, -0.05) is 24.6 Å². The average molecular weight is 422 g/mol. The van der Waals surface area contributed by atoms with Crippen LogP contribution in [0.5, 0.6) is 0 Å². The summed E-state index contributed by atoms with van der Waals surface area (Å²) in [7, 11) is 3.80. The van der Waals surface area contributed by atoms with Gasteiger partial charge in [0, 0.05) is 23.1 Å². The lowest BCUT2D eigenvalue weighted by Gasteiger charge is -2.18. The number of halogens is 3. The standard InChI is InChI=1S/C15H18ClFIN3/c1-4-12-15(16)14(21(3)20-12)8-13(19-2)10-6-5-9(17)7-11(10)18/h5-7,13,19H,4,8H2,1-3H3. The van der Waals surface area contributed by atoms with E-state index in [0.717, 1.165) is 32.0 Å². The normalized spacial score (nSPS) is 12.7. The molecular formula is C15H18ClFIN3. The predicted molar refractivity (Wildman–Crippen MR) is 92.2 cm³/mol. The highest BCUT2D eigenvalue weighted by Crippen LogP contribution is 2.28. The van der Waals surface area contributed by atoms with E-state index in [-0.39, 0.29) is 11.9 Å². The molecule has 114 valence electrons. The number of nitrogens with one attached hydrogen (secondary N) is 1. The van der Waals surface area contributed by atoms with E-state index in [1.807, 2.05) is 31.8 Å². The summed E-state index contributed by atoms with van der Waals surface area (Å²) in [5.74, 6) is -0.218. The average Bonchev–Trinajstić information content (AvgIpc) is 2.72. The first-order chi connectivity index (χ1) is 9.97. The first kappa shape index (κ1) is 16.7. The molecule has 0 aliphatic heterocycles. The molecule has 0 amide bonds. The first-order valence-electron chi connectivity index (χ1n) is 6.80. The SMILES string of the molecule is CCc1nn(C)c(CC(NC)c2ccc(F)cc2I)c1Cl. The zero-order valence-electron chi connectivity index (χ0n) is 12.3. The molecule has 2 aromatic rings. The lowest BCUT2D eigenvalue weighted by molar-refractivity contribution is 0.556. The summed E-state index contributed by atoms with van der Waals surface area (Å²) < 4.78 is 16.0. The third kappa shape index (κ3) is 3.57. The van der Waals surface area contributed by atoms with Crippen molar-refractivity contribution in [1.82, 2.24) is 15.1 Å². The second-order valence-corrected chi connectivity index (χ2v) is 6.44. The van der Waals surface area contributed by atoms with Crippen molar-refractivity contribution in [3.8, 4) is 0 Å². The van der Waals surface area contributed by atoms with Gasteiger partial charge in [0.15, 0.2) is 0 Å². The second-order valence-electron chi connectivity index (χ2n) is 4.90.